The first kappa shape index (κ1) is 9.39. The molecule has 2 rings (SSSR count). The Morgan fingerprint density at radius 2 is 2.07 bits per heavy atom. The van der Waals surface area contributed by atoms with Gasteiger partial charge >= 0.3 is 5.97 Å². The van der Waals surface area contributed by atoms with E-state index in [9.17, 15) is 4.79 Å². The molecule has 0 fully saturated rings. The first-order chi connectivity index (χ1) is 7.22. The van der Waals surface area contributed by atoms with E-state index >= 15 is 0 Å². The van der Waals surface area contributed by atoms with Crippen molar-refractivity contribution in [2.45, 2.75) is 0 Å². The van der Waals surface area contributed by atoms with Crippen LogP contribution in [0.1, 0.15) is 10.5 Å². The number of aromatic nitrogens is 2. The number of fused-ring (bicyclic) bond motifs is 1. The van der Waals surface area contributed by atoms with Crippen LogP contribution in [0.2, 0.25) is 0 Å². The lowest BCUT2D eigenvalue weighted by Gasteiger charge is -2.03. The molecular formula is C10H9N3O2. The summed E-state index contributed by atoms with van der Waals surface area (Å²) in [6, 6.07) is 7.13. The number of rotatable bonds is 1. The summed E-state index contributed by atoms with van der Waals surface area (Å²) in [5, 5.41) is 0.638. The van der Waals surface area contributed by atoms with E-state index in [4.69, 9.17) is 5.73 Å². The van der Waals surface area contributed by atoms with Crippen LogP contribution in [-0.2, 0) is 4.74 Å². The largest absolute Gasteiger partial charge is 0.464 e. The Morgan fingerprint density at radius 1 is 1.33 bits per heavy atom. The average molecular weight is 203 g/mol. The predicted molar refractivity (Wildman–Crippen MR) is 55.3 cm³/mol. The minimum absolute atomic E-state index is 0.0640. The molecule has 76 valence electrons. The molecule has 5 heteroatoms. The van der Waals surface area contributed by atoms with E-state index in [1.165, 1.54) is 7.11 Å². The zero-order chi connectivity index (χ0) is 10.8. The van der Waals surface area contributed by atoms with Crippen molar-refractivity contribution in [2.24, 2.45) is 0 Å². The molecular weight excluding hydrogens is 194 g/mol. The molecule has 0 saturated heterocycles. The lowest BCUT2D eigenvalue weighted by atomic mass is 10.2. The van der Waals surface area contributed by atoms with Crippen LogP contribution >= 0.6 is 0 Å². The molecule has 0 saturated carbocycles. The van der Waals surface area contributed by atoms with Crippen molar-refractivity contribution in [3.63, 3.8) is 0 Å². The number of para-hydroxylation sites is 1. The van der Waals surface area contributed by atoms with E-state index in [1.54, 1.807) is 18.2 Å². The van der Waals surface area contributed by atoms with Crippen LogP contribution < -0.4 is 5.73 Å². The number of esters is 1. The molecule has 1 heterocycles. The van der Waals surface area contributed by atoms with Gasteiger partial charge in [0, 0.05) is 5.39 Å². The molecule has 1 aromatic carbocycles. The first-order valence-electron chi connectivity index (χ1n) is 4.33. The van der Waals surface area contributed by atoms with Crippen molar-refractivity contribution in [1.82, 2.24) is 9.97 Å². The third kappa shape index (κ3) is 1.59. The van der Waals surface area contributed by atoms with Gasteiger partial charge in [-0.15, -0.1) is 0 Å². The van der Waals surface area contributed by atoms with Gasteiger partial charge < -0.3 is 10.5 Å². The highest BCUT2D eigenvalue weighted by Gasteiger charge is 2.13. The summed E-state index contributed by atoms with van der Waals surface area (Å²) >= 11 is 0. The smallest absolute Gasteiger partial charge is 0.357 e. The Kier molecular flexibility index (Phi) is 2.21. The fourth-order valence-electron chi connectivity index (χ4n) is 1.35. The fraction of sp³-hybridized carbons (Fsp3) is 0.100. The number of methoxy groups -OCH3 is 1. The second kappa shape index (κ2) is 3.53. The van der Waals surface area contributed by atoms with Crippen molar-refractivity contribution in [2.75, 3.05) is 12.8 Å². The second-order valence-corrected chi connectivity index (χ2v) is 2.94. The molecule has 0 radical (unpaired) electrons. The molecule has 2 aromatic rings. The van der Waals surface area contributed by atoms with Crippen LogP contribution in [0.25, 0.3) is 10.9 Å². The molecule has 0 spiro atoms. The number of nitrogen functional groups attached to an aromatic ring is 1. The van der Waals surface area contributed by atoms with E-state index in [1.807, 2.05) is 6.07 Å². The molecule has 0 aliphatic rings. The Bertz CT molecular complexity index is 525. The molecule has 5 nitrogen and oxygen atoms in total. The van der Waals surface area contributed by atoms with Crippen molar-refractivity contribution in [3.8, 4) is 0 Å². The van der Waals surface area contributed by atoms with E-state index in [0.29, 0.717) is 10.9 Å². The summed E-state index contributed by atoms with van der Waals surface area (Å²) < 4.78 is 4.61. The normalized spacial score (nSPS) is 10.2. The number of hydrogen-bond acceptors (Lipinski definition) is 5. The molecule has 0 bridgehead atoms. The van der Waals surface area contributed by atoms with Crippen LogP contribution in [0.5, 0.6) is 0 Å². The molecule has 0 aliphatic heterocycles. The van der Waals surface area contributed by atoms with Gasteiger partial charge in [0.15, 0.2) is 5.69 Å². The summed E-state index contributed by atoms with van der Waals surface area (Å²) in [5.74, 6) is -0.450. The van der Waals surface area contributed by atoms with E-state index in [-0.39, 0.29) is 11.6 Å². The van der Waals surface area contributed by atoms with Crippen molar-refractivity contribution >= 4 is 22.8 Å². The van der Waals surface area contributed by atoms with E-state index < -0.39 is 5.97 Å². The summed E-state index contributed by atoms with van der Waals surface area (Å²) in [5.41, 5.74) is 6.31. The predicted octanol–water partition coefficient (Wildman–Crippen LogP) is 0.999. The quantitative estimate of drug-likeness (QED) is 0.699. The Balaban J connectivity index is 2.76. The number of carbonyl (C=O) groups excluding carboxylic acids is 1. The van der Waals surface area contributed by atoms with Crippen LogP contribution in [0.4, 0.5) is 5.95 Å². The van der Waals surface area contributed by atoms with Crippen molar-refractivity contribution in [3.05, 3.63) is 30.0 Å². The highest BCUT2D eigenvalue weighted by atomic mass is 16.5. The third-order valence-electron chi connectivity index (χ3n) is 2.00. The maximum atomic E-state index is 11.4. The van der Waals surface area contributed by atoms with Gasteiger partial charge in [0.1, 0.15) is 0 Å². The molecule has 15 heavy (non-hydrogen) atoms. The maximum Gasteiger partial charge on any atom is 0.357 e. The number of hydrogen-bond donors (Lipinski definition) is 1. The summed E-state index contributed by atoms with van der Waals surface area (Å²) in [4.78, 5) is 19.3. The second-order valence-electron chi connectivity index (χ2n) is 2.94. The standard InChI is InChI=1S/C10H9N3O2/c1-15-9(14)8-6-4-2-3-5-7(6)12-10(11)13-8/h2-5H,1H3,(H2,11,12,13). The summed E-state index contributed by atoms with van der Waals surface area (Å²) in [7, 11) is 1.30. The zero-order valence-electron chi connectivity index (χ0n) is 8.10. The van der Waals surface area contributed by atoms with Crippen molar-refractivity contribution in [1.29, 1.82) is 0 Å². The Labute approximate surface area is 85.9 Å². The number of nitrogens with two attached hydrogens (primary N) is 1. The maximum absolute atomic E-state index is 11.4. The number of benzene rings is 1. The number of nitrogens with zero attached hydrogens (tertiary/aromatic N) is 2. The molecule has 0 unspecified atom stereocenters. The highest BCUT2D eigenvalue weighted by molar-refractivity contribution is 6.01. The van der Waals surface area contributed by atoms with E-state index in [0.717, 1.165) is 0 Å². The number of anilines is 1. The molecule has 2 N–H and O–H groups in total. The van der Waals surface area contributed by atoms with Crippen LogP contribution in [0.15, 0.2) is 24.3 Å². The van der Waals surface area contributed by atoms with Gasteiger partial charge in [0.2, 0.25) is 5.95 Å². The minimum Gasteiger partial charge on any atom is -0.464 e. The Morgan fingerprint density at radius 3 is 2.80 bits per heavy atom. The third-order valence-corrected chi connectivity index (χ3v) is 2.00. The lowest BCUT2D eigenvalue weighted by Crippen LogP contribution is -2.08. The zero-order valence-corrected chi connectivity index (χ0v) is 8.10. The van der Waals surface area contributed by atoms with E-state index in [2.05, 4.69) is 14.7 Å². The molecule has 1 aromatic heterocycles. The summed E-state index contributed by atoms with van der Waals surface area (Å²) in [6.07, 6.45) is 0. The highest BCUT2D eigenvalue weighted by Crippen LogP contribution is 2.16. The molecule has 0 aliphatic carbocycles. The van der Waals surface area contributed by atoms with Gasteiger partial charge in [-0.25, -0.2) is 14.8 Å². The average Bonchev–Trinajstić information content (AvgIpc) is 2.26. The van der Waals surface area contributed by atoms with Gasteiger partial charge in [-0.05, 0) is 6.07 Å². The molecule has 0 atom stereocenters. The topological polar surface area (TPSA) is 78.1 Å². The fourth-order valence-corrected chi connectivity index (χ4v) is 1.35. The lowest BCUT2D eigenvalue weighted by molar-refractivity contribution is 0.0596. The van der Waals surface area contributed by atoms with Crippen LogP contribution in [0, 0.1) is 0 Å². The monoisotopic (exact) mass is 203 g/mol. The van der Waals surface area contributed by atoms with Gasteiger partial charge in [0.05, 0.1) is 12.6 Å². The SMILES string of the molecule is COC(=O)c1nc(N)nc2ccccc12. The Hall–Kier alpha value is -2.17. The van der Waals surface area contributed by atoms with Crippen LogP contribution in [-0.4, -0.2) is 23.0 Å². The van der Waals surface area contributed by atoms with Gasteiger partial charge in [0.25, 0.3) is 0 Å². The minimum atomic E-state index is -0.514. The van der Waals surface area contributed by atoms with Crippen LogP contribution in [0.3, 0.4) is 0 Å². The molecule has 0 amide bonds. The first-order valence-corrected chi connectivity index (χ1v) is 4.33. The van der Waals surface area contributed by atoms with Gasteiger partial charge in [-0.2, -0.15) is 0 Å². The number of ether oxygens (including phenoxy) is 1. The van der Waals surface area contributed by atoms with Crippen molar-refractivity contribution < 1.29 is 9.53 Å². The van der Waals surface area contributed by atoms with Gasteiger partial charge in [-0.1, -0.05) is 18.2 Å². The van der Waals surface area contributed by atoms with Gasteiger partial charge in [-0.3, -0.25) is 0 Å². The number of carbonyl (C=O) groups is 1. The summed E-state index contributed by atoms with van der Waals surface area (Å²) in [6.45, 7) is 0.